The van der Waals surface area contributed by atoms with Crippen LogP contribution in [0.25, 0.3) is 0 Å². The smallest absolute Gasteiger partial charge is 0.310 e. The zero-order chi connectivity index (χ0) is 12.0. The molecule has 17 heavy (non-hydrogen) atoms. The van der Waals surface area contributed by atoms with Crippen LogP contribution in [0.15, 0.2) is 0 Å². The van der Waals surface area contributed by atoms with E-state index in [1.165, 1.54) is 0 Å². The summed E-state index contributed by atoms with van der Waals surface area (Å²) in [5.41, 5.74) is -0.687. The van der Waals surface area contributed by atoms with Crippen molar-refractivity contribution < 1.29 is 19.4 Å². The van der Waals surface area contributed by atoms with Crippen molar-refractivity contribution in [3.63, 3.8) is 0 Å². The molecular formula is C13H18O4. The summed E-state index contributed by atoms with van der Waals surface area (Å²) in [7, 11) is 0. The molecule has 1 N–H and O–H groups in total. The fourth-order valence-corrected chi connectivity index (χ4v) is 3.94. The topological polar surface area (TPSA) is 63.6 Å². The highest BCUT2D eigenvalue weighted by molar-refractivity contribution is 5.84. The van der Waals surface area contributed by atoms with Gasteiger partial charge in [0.25, 0.3) is 0 Å². The Morgan fingerprint density at radius 3 is 2.47 bits per heavy atom. The zero-order valence-corrected chi connectivity index (χ0v) is 9.85. The summed E-state index contributed by atoms with van der Waals surface area (Å²) in [6, 6.07) is 0. The number of carboxylic acid groups (broad SMARTS) is 1. The molecule has 3 fully saturated rings. The fraction of sp³-hybridized carbons (Fsp3) is 0.846. The molecule has 4 nitrogen and oxygen atoms in total. The van der Waals surface area contributed by atoms with Crippen molar-refractivity contribution in [3.8, 4) is 0 Å². The fourth-order valence-electron chi connectivity index (χ4n) is 3.94. The van der Waals surface area contributed by atoms with Crippen LogP contribution in [0.1, 0.15) is 44.9 Å². The summed E-state index contributed by atoms with van der Waals surface area (Å²) in [4.78, 5) is 23.0. The van der Waals surface area contributed by atoms with E-state index in [1.54, 1.807) is 0 Å². The summed E-state index contributed by atoms with van der Waals surface area (Å²) < 4.78 is 5.79. The molecular weight excluding hydrogens is 220 g/mol. The second-order valence-corrected chi connectivity index (χ2v) is 5.72. The maximum Gasteiger partial charge on any atom is 0.310 e. The van der Waals surface area contributed by atoms with Gasteiger partial charge in [-0.05, 0) is 32.1 Å². The molecule has 3 unspecified atom stereocenters. The van der Waals surface area contributed by atoms with Crippen LogP contribution in [0.4, 0.5) is 0 Å². The summed E-state index contributed by atoms with van der Waals surface area (Å²) in [5, 5.41) is 9.60. The lowest BCUT2D eigenvalue weighted by Gasteiger charge is -2.40. The van der Waals surface area contributed by atoms with Crippen LogP contribution in [0, 0.1) is 11.3 Å². The summed E-state index contributed by atoms with van der Waals surface area (Å²) in [6.45, 7) is 0. The second kappa shape index (κ2) is 3.80. The molecule has 1 aliphatic carbocycles. The quantitative estimate of drug-likeness (QED) is 0.796. The normalized spacial score (nSPS) is 39.5. The molecule has 1 saturated carbocycles. The monoisotopic (exact) mass is 238 g/mol. The first-order valence-electron chi connectivity index (χ1n) is 6.52. The molecule has 3 rings (SSSR count). The Labute approximate surface area is 100 Å². The molecule has 0 aromatic heterocycles. The van der Waals surface area contributed by atoms with Gasteiger partial charge >= 0.3 is 5.97 Å². The van der Waals surface area contributed by atoms with Gasteiger partial charge in [-0.1, -0.05) is 0 Å². The van der Waals surface area contributed by atoms with E-state index in [-0.39, 0.29) is 23.9 Å². The van der Waals surface area contributed by atoms with Crippen LogP contribution in [-0.4, -0.2) is 29.1 Å². The third-order valence-electron chi connectivity index (χ3n) is 4.94. The highest BCUT2D eigenvalue weighted by atomic mass is 16.5. The molecule has 0 spiro atoms. The highest BCUT2D eigenvalue weighted by Gasteiger charge is 2.56. The lowest BCUT2D eigenvalue weighted by molar-refractivity contribution is -0.158. The summed E-state index contributed by atoms with van der Waals surface area (Å²) in [5.74, 6) is -0.371. The van der Waals surface area contributed by atoms with Crippen molar-refractivity contribution in [1.82, 2.24) is 0 Å². The molecule has 3 atom stereocenters. The highest BCUT2D eigenvalue weighted by Crippen LogP contribution is 2.53. The van der Waals surface area contributed by atoms with E-state index in [9.17, 15) is 14.7 Å². The van der Waals surface area contributed by atoms with Gasteiger partial charge in [0.05, 0.1) is 17.6 Å². The largest absolute Gasteiger partial charge is 0.481 e. The maximum atomic E-state index is 11.7. The van der Waals surface area contributed by atoms with Gasteiger partial charge in [-0.25, -0.2) is 0 Å². The third kappa shape index (κ3) is 1.61. The number of aliphatic carboxylic acids is 1. The molecule has 2 heterocycles. The number of rotatable bonds is 2. The molecule has 3 aliphatic rings. The first-order chi connectivity index (χ1) is 8.12. The molecule has 2 saturated heterocycles. The van der Waals surface area contributed by atoms with Crippen molar-refractivity contribution >= 4 is 11.8 Å². The van der Waals surface area contributed by atoms with Crippen molar-refractivity contribution in [2.45, 2.75) is 57.2 Å². The number of hydrogen-bond donors (Lipinski definition) is 1. The second-order valence-electron chi connectivity index (χ2n) is 5.72. The minimum Gasteiger partial charge on any atom is -0.481 e. The number of ketones is 1. The van der Waals surface area contributed by atoms with Gasteiger partial charge in [-0.15, -0.1) is 0 Å². The average molecular weight is 238 g/mol. The minimum absolute atomic E-state index is 0.129. The van der Waals surface area contributed by atoms with Gasteiger partial charge in [-0.3, -0.25) is 9.59 Å². The van der Waals surface area contributed by atoms with Crippen LogP contribution < -0.4 is 0 Å². The number of carbonyl (C=O) groups excluding carboxylic acids is 1. The van der Waals surface area contributed by atoms with Crippen LogP contribution in [0.3, 0.4) is 0 Å². The van der Waals surface area contributed by atoms with E-state index in [2.05, 4.69) is 0 Å². The van der Waals surface area contributed by atoms with Gasteiger partial charge in [0.15, 0.2) is 0 Å². The number of Topliss-reactive ketones (excluding diaryl/α,β-unsaturated/α-hetero) is 1. The number of carboxylic acids is 1. The molecule has 2 bridgehead atoms. The van der Waals surface area contributed by atoms with E-state index in [4.69, 9.17) is 4.74 Å². The van der Waals surface area contributed by atoms with Crippen molar-refractivity contribution in [3.05, 3.63) is 0 Å². The standard InChI is InChI=1S/C13H18O4/c14-8-3-5-13(6-4-8,12(15)16)10-7-9-1-2-11(10)17-9/h9-11H,1-7H2,(H,15,16). The van der Waals surface area contributed by atoms with E-state index >= 15 is 0 Å². The third-order valence-corrected chi connectivity index (χ3v) is 4.94. The molecule has 0 aromatic rings. The lowest BCUT2D eigenvalue weighted by Crippen LogP contribution is -2.45. The molecule has 4 heteroatoms. The summed E-state index contributed by atoms with van der Waals surface area (Å²) in [6.07, 6.45) is 5.25. The predicted molar refractivity (Wildman–Crippen MR) is 59.5 cm³/mol. The van der Waals surface area contributed by atoms with E-state index in [1.807, 2.05) is 0 Å². The van der Waals surface area contributed by atoms with Gasteiger partial charge in [0, 0.05) is 18.8 Å². The Morgan fingerprint density at radius 2 is 2.00 bits per heavy atom. The zero-order valence-electron chi connectivity index (χ0n) is 9.85. The van der Waals surface area contributed by atoms with Gasteiger partial charge < -0.3 is 9.84 Å². The minimum atomic E-state index is -0.717. The lowest BCUT2D eigenvalue weighted by atomic mass is 9.61. The number of hydrogen-bond acceptors (Lipinski definition) is 3. The predicted octanol–water partition coefficient (Wildman–Crippen LogP) is 1.77. The molecule has 0 aromatic carbocycles. The van der Waals surface area contributed by atoms with E-state index in [0.717, 1.165) is 19.3 Å². The Kier molecular flexibility index (Phi) is 2.51. The number of fused-ring (bicyclic) bond motifs is 2. The van der Waals surface area contributed by atoms with Crippen LogP contribution in [0.2, 0.25) is 0 Å². The first-order valence-corrected chi connectivity index (χ1v) is 6.52. The van der Waals surface area contributed by atoms with E-state index in [0.29, 0.717) is 25.7 Å². The van der Waals surface area contributed by atoms with Crippen LogP contribution in [0.5, 0.6) is 0 Å². The van der Waals surface area contributed by atoms with Crippen LogP contribution in [-0.2, 0) is 14.3 Å². The van der Waals surface area contributed by atoms with Crippen molar-refractivity contribution in [2.24, 2.45) is 11.3 Å². The van der Waals surface area contributed by atoms with Crippen molar-refractivity contribution in [1.29, 1.82) is 0 Å². The first kappa shape index (κ1) is 11.2. The van der Waals surface area contributed by atoms with Gasteiger partial charge in [0.1, 0.15) is 5.78 Å². The Balaban J connectivity index is 1.85. The van der Waals surface area contributed by atoms with Gasteiger partial charge in [0.2, 0.25) is 0 Å². The van der Waals surface area contributed by atoms with E-state index < -0.39 is 11.4 Å². The number of ether oxygens (including phenoxy) is 1. The molecule has 2 aliphatic heterocycles. The maximum absolute atomic E-state index is 11.7. The molecule has 0 radical (unpaired) electrons. The summed E-state index contributed by atoms with van der Waals surface area (Å²) >= 11 is 0. The average Bonchev–Trinajstić information content (AvgIpc) is 2.92. The molecule has 94 valence electrons. The van der Waals surface area contributed by atoms with Gasteiger partial charge in [-0.2, -0.15) is 0 Å². The van der Waals surface area contributed by atoms with Crippen molar-refractivity contribution in [2.75, 3.05) is 0 Å². The Hall–Kier alpha value is -0.900. The van der Waals surface area contributed by atoms with Crippen LogP contribution >= 0.6 is 0 Å². The molecule has 0 amide bonds. The number of carbonyl (C=O) groups is 2. The Morgan fingerprint density at radius 1 is 1.29 bits per heavy atom. The SMILES string of the molecule is O=C1CCC(C(=O)O)(C2CC3CCC2O3)CC1. The Bertz CT molecular complexity index is 352.